The highest BCUT2D eigenvalue weighted by molar-refractivity contribution is 7.89. The zero-order valence-electron chi connectivity index (χ0n) is 11.0. The number of benzene rings is 1. The Labute approximate surface area is 114 Å². The van der Waals surface area contributed by atoms with Gasteiger partial charge in [0.15, 0.2) is 0 Å². The Morgan fingerprint density at radius 1 is 1.11 bits per heavy atom. The van der Waals surface area contributed by atoms with Gasteiger partial charge in [0.05, 0.1) is 4.90 Å². The molecule has 1 N–H and O–H groups in total. The van der Waals surface area contributed by atoms with Gasteiger partial charge in [-0.15, -0.1) is 0 Å². The Hall–Kier alpha value is -0.910. The predicted molar refractivity (Wildman–Crippen MR) is 74.4 cm³/mol. The van der Waals surface area contributed by atoms with E-state index in [1.54, 1.807) is 24.3 Å². The van der Waals surface area contributed by atoms with Crippen molar-refractivity contribution in [2.75, 3.05) is 13.1 Å². The quantitative estimate of drug-likeness (QED) is 0.915. The van der Waals surface area contributed by atoms with Crippen molar-refractivity contribution >= 4 is 10.0 Å². The fourth-order valence-corrected chi connectivity index (χ4v) is 4.52. The predicted octanol–water partition coefficient (Wildman–Crippen LogP) is 1.59. The lowest BCUT2D eigenvalue weighted by molar-refractivity contribution is 0.176. The van der Waals surface area contributed by atoms with Crippen molar-refractivity contribution in [3.05, 3.63) is 30.3 Å². The summed E-state index contributed by atoms with van der Waals surface area (Å²) in [7, 11) is -3.36. The SMILES string of the molecule is O=S(=O)(NC1CCN2CCCC2C1)c1ccccc1. The highest BCUT2D eigenvalue weighted by Gasteiger charge is 2.33. The minimum atomic E-state index is -3.36. The second kappa shape index (κ2) is 5.23. The van der Waals surface area contributed by atoms with Crippen molar-refractivity contribution in [1.29, 1.82) is 0 Å². The largest absolute Gasteiger partial charge is 0.300 e. The number of nitrogens with zero attached hydrogens (tertiary/aromatic N) is 1. The summed E-state index contributed by atoms with van der Waals surface area (Å²) in [6, 6.07) is 9.31. The summed E-state index contributed by atoms with van der Waals surface area (Å²) in [5.74, 6) is 0. The Balaban J connectivity index is 1.68. The Kier molecular flexibility index (Phi) is 3.60. The van der Waals surface area contributed by atoms with E-state index in [0.29, 0.717) is 10.9 Å². The van der Waals surface area contributed by atoms with Gasteiger partial charge in [-0.25, -0.2) is 13.1 Å². The van der Waals surface area contributed by atoms with Gasteiger partial charge in [-0.2, -0.15) is 0 Å². The summed E-state index contributed by atoms with van der Waals surface area (Å²) in [5.41, 5.74) is 0. The molecule has 3 rings (SSSR count). The van der Waals surface area contributed by atoms with Crippen molar-refractivity contribution in [1.82, 2.24) is 9.62 Å². The van der Waals surface area contributed by atoms with Crippen LogP contribution in [0.1, 0.15) is 25.7 Å². The minimum Gasteiger partial charge on any atom is -0.300 e. The Bertz CT molecular complexity index is 530. The van der Waals surface area contributed by atoms with Crippen molar-refractivity contribution in [3.63, 3.8) is 0 Å². The van der Waals surface area contributed by atoms with Crippen molar-refractivity contribution in [3.8, 4) is 0 Å². The molecule has 0 aliphatic carbocycles. The molecule has 2 aliphatic heterocycles. The second-order valence-electron chi connectivity index (χ2n) is 5.49. The summed E-state index contributed by atoms with van der Waals surface area (Å²) in [6.07, 6.45) is 4.33. The average molecular weight is 280 g/mol. The summed E-state index contributed by atoms with van der Waals surface area (Å²) < 4.78 is 27.4. The first-order chi connectivity index (χ1) is 9.15. The lowest BCUT2D eigenvalue weighted by Crippen LogP contribution is -2.47. The molecule has 2 fully saturated rings. The highest BCUT2D eigenvalue weighted by atomic mass is 32.2. The Morgan fingerprint density at radius 2 is 1.89 bits per heavy atom. The van der Waals surface area contributed by atoms with Gasteiger partial charge < -0.3 is 4.90 Å². The number of piperidine rings is 1. The molecule has 0 bridgehead atoms. The molecule has 0 radical (unpaired) electrons. The zero-order valence-corrected chi connectivity index (χ0v) is 11.8. The van der Waals surface area contributed by atoms with Crippen LogP contribution in [0.3, 0.4) is 0 Å². The van der Waals surface area contributed by atoms with Crippen LogP contribution >= 0.6 is 0 Å². The Morgan fingerprint density at radius 3 is 2.68 bits per heavy atom. The molecule has 0 aromatic heterocycles. The van der Waals surface area contributed by atoms with Gasteiger partial charge in [-0.1, -0.05) is 18.2 Å². The molecule has 2 aliphatic rings. The molecule has 2 atom stereocenters. The van der Waals surface area contributed by atoms with E-state index in [9.17, 15) is 8.42 Å². The number of fused-ring (bicyclic) bond motifs is 1. The van der Waals surface area contributed by atoms with Gasteiger partial charge in [0, 0.05) is 12.1 Å². The third-order valence-electron chi connectivity index (χ3n) is 4.20. The summed E-state index contributed by atoms with van der Waals surface area (Å²) in [6.45, 7) is 2.20. The standard InChI is InChI=1S/C14H20N2O2S/c17-19(18,14-6-2-1-3-7-14)15-12-8-10-16-9-4-5-13(16)11-12/h1-3,6-7,12-13,15H,4-5,8-11H2. The molecule has 2 saturated heterocycles. The monoisotopic (exact) mass is 280 g/mol. The smallest absolute Gasteiger partial charge is 0.240 e. The molecule has 0 amide bonds. The van der Waals surface area contributed by atoms with Gasteiger partial charge >= 0.3 is 0 Å². The third kappa shape index (κ3) is 2.83. The van der Waals surface area contributed by atoms with E-state index in [1.165, 1.54) is 19.4 Å². The molecule has 1 aromatic rings. The van der Waals surface area contributed by atoms with E-state index in [1.807, 2.05) is 6.07 Å². The molecule has 19 heavy (non-hydrogen) atoms. The summed E-state index contributed by atoms with van der Waals surface area (Å²) >= 11 is 0. The van der Waals surface area contributed by atoms with E-state index in [-0.39, 0.29) is 6.04 Å². The van der Waals surface area contributed by atoms with E-state index in [0.717, 1.165) is 19.4 Å². The lowest BCUT2D eigenvalue weighted by atomic mass is 9.99. The molecule has 104 valence electrons. The second-order valence-corrected chi connectivity index (χ2v) is 7.20. The molecule has 2 unspecified atom stereocenters. The fraction of sp³-hybridized carbons (Fsp3) is 0.571. The van der Waals surface area contributed by atoms with Crippen LogP contribution in [-0.4, -0.2) is 38.5 Å². The van der Waals surface area contributed by atoms with Gasteiger partial charge in [0.1, 0.15) is 0 Å². The molecule has 5 heteroatoms. The number of hydrogen-bond donors (Lipinski definition) is 1. The molecular formula is C14H20N2O2S. The number of sulfonamides is 1. The van der Waals surface area contributed by atoms with E-state index in [4.69, 9.17) is 0 Å². The third-order valence-corrected chi connectivity index (χ3v) is 5.73. The van der Waals surface area contributed by atoms with Gasteiger partial charge in [0.25, 0.3) is 0 Å². The number of hydrogen-bond acceptors (Lipinski definition) is 3. The fourth-order valence-electron chi connectivity index (χ4n) is 3.22. The van der Waals surface area contributed by atoms with Crippen LogP contribution in [0.15, 0.2) is 35.2 Å². The first kappa shape index (κ1) is 13.1. The maximum atomic E-state index is 12.3. The van der Waals surface area contributed by atoms with Crippen LogP contribution in [-0.2, 0) is 10.0 Å². The average Bonchev–Trinajstić information content (AvgIpc) is 2.87. The molecule has 0 saturated carbocycles. The number of nitrogens with one attached hydrogen (secondary N) is 1. The molecule has 2 heterocycles. The van der Waals surface area contributed by atoms with E-state index < -0.39 is 10.0 Å². The van der Waals surface area contributed by atoms with E-state index >= 15 is 0 Å². The van der Waals surface area contributed by atoms with Gasteiger partial charge in [-0.05, 0) is 50.9 Å². The minimum absolute atomic E-state index is 0.0876. The zero-order chi connectivity index (χ0) is 13.3. The van der Waals surface area contributed by atoms with Crippen LogP contribution in [0.25, 0.3) is 0 Å². The highest BCUT2D eigenvalue weighted by Crippen LogP contribution is 2.27. The summed E-state index contributed by atoms with van der Waals surface area (Å²) in [4.78, 5) is 2.86. The van der Waals surface area contributed by atoms with Crippen molar-refractivity contribution < 1.29 is 8.42 Å². The molecular weight excluding hydrogens is 260 g/mol. The first-order valence-electron chi connectivity index (χ1n) is 6.96. The topological polar surface area (TPSA) is 49.4 Å². The molecule has 1 aromatic carbocycles. The maximum absolute atomic E-state index is 12.3. The van der Waals surface area contributed by atoms with Crippen LogP contribution in [0.5, 0.6) is 0 Å². The van der Waals surface area contributed by atoms with Crippen molar-refractivity contribution in [2.45, 2.75) is 42.7 Å². The summed E-state index contributed by atoms with van der Waals surface area (Å²) in [5, 5.41) is 0. The maximum Gasteiger partial charge on any atom is 0.240 e. The lowest BCUT2D eigenvalue weighted by Gasteiger charge is -2.34. The molecule has 4 nitrogen and oxygen atoms in total. The van der Waals surface area contributed by atoms with Crippen LogP contribution in [0.2, 0.25) is 0 Å². The van der Waals surface area contributed by atoms with Crippen molar-refractivity contribution in [2.24, 2.45) is 0 Å². The number of rotatable bonds is 3. The van der Waals surface area contributed by atoms with Gasteiger partial charge in [0.2, 0.25) is 10.0 Å². The van der Waals surface area contributed by atoms with Crippen LogP contribution in [0.4, 0.5) is 0 Å². The van der Waals surface area contributed by atoms with E-state index in [2.05, 4.69) is 9.62 Å². The normalized spacial score (nSPS) is 28.2. The van der Waals surface area contributed by atoms with Crippen LogP contribution in [0, 0.1) is 0 Å². The first-order valence-corrected chi connectivity index (χ1v) is 8.45. The molecule has 0 spiro atoms. The van der Waals surface area contributed by atoms with Crippen LogP contribution < -0.4 is 4.72 Å². The van der Waals surface area contributed by atoms with Gasteiger partial charge in [-0.3, -0.25) is 0 Å².